The Bertz CT molecular complexity index is 344. The van der Waals surface area contributed by atoms with Gasteiger partial charge in [0, 0.05) is 6.54 Å². The molecule has 16 heavy (non-hydrogen) atoms. The van der Waals surface area contributed by atoms with Crippen molar-refractivity contribution in [3.63, 3.8) is 0 Å². The molecule has 0 aromatic carbocycles. The molecule has 0 radical (unpaired) electrons. The summed E-state index contributed by atoms with van der Waals surface area (Å²) in [5, 5.41) is 0. The van der Waals surface area contributed by atoms with E-state index in [2.05, 4.69) is 19.1 Å². The third kappa shape index (κ3) is 1.14. The zero-order valence-electron chi connectivity index (χ0n) is 9.56. The third-order valence-electron chi connectivity index (χ3n) is 4.30. The van der Waals surface area contributed by atoms with Gasteiger partial charge in [-0.25, -0.2) is 0 Å². The molecule has 0 spiro atoms. The SMILES string of the molecule is CCCCN1C(=O)[C@@H]2[C@H](C1=O)[C@H]1C=C[C@@H]2C1. The molecule has 3 aliphatic rings. The highest BCUT2D eigenvalue weighted by Crippen LogP contribution is 2.52. The second kappa shape index (κ2) is 3.44. The molecule has 2 fully saturated rings. The van der Waals surface area contributed by atoms with Gasteiger partial charge in [0.15, 0.2) is 0 Å². The minimum Gasteiger partial charge on any atom is -0.282 e. The number of hydrogen-bond donors (Lipinski definition) is 0. The van der Waals surface area contributed by atoms with Gasteiger partial charge in [-0.2, -0.15) is 0 Å². The van der Waals surface area contributed by atoms with Gasteiger partial charge in [-0.1, -0.05) is 25.5 Å². The van der Waals surface area contributed by atoms with Gasteiger partial charge in [-0.15, -0.1) is 0 Å². The van der Waals surface area contributed by atoms with Gasteiger partial charge in [0.1, 0.15) is 0 Å². The van der Waals surface area contributed by atoms with Crippen LogP contribution in [0.25, 0.3) is 0 Å². The number of nitrogens with zero attached hydrogens (tertiary/aromatic N) is 1. The summed E-state index contributed by atoms with van der Waals surface area (Å²) in [5.41, 5.74) is 0. The monoisotopic (exact) mass is 219 g/mol. The third-order valence-corrected chi connectivity index (χ3v) is 4.30. The van der Waals surface area contributed by atoms with Gasteiger partial charge in [-0.05, 0) is 24.7 Å². The molecule has 86 valence electrons. The fraction of sp³-hybridized carbons (Fsp3) is 0.692. The van der Waals surface area contributed by atoms with Gasteiger partial charge in [0.05, 0.1) is 11.8 Å². The average molecular weight is 219 g/mol. The van der Waals surface area contributed by atoms with Crippen LogP contribution < -0.4 is 0 Å². The summed E-state index contributed by atoms with van der Waals surface area (Å²) in [6.45, 7) is 2.71. The lowest BCUT2D eigenvalue weighted by atomic mass is 9.85. The molecule has 1 aliphatic heterocycles. The highest BCUT2D eigenvalue weighted by atomic mass is 16.2. The van der Waals surface area contributed by atoms with E-state index < -0.39 is 0 Å². The second-order valence-electron chi connectivity index (χ2n) is 5.18. The smallest absolute Gasteiger partial charge is 0.233 e. The number of likely N-dealkylation sites (tertiary alicyclic amines) is 1. The van der Waals surface area contributed by atoms with Crippen LogP contribution in [-0.4, -0.2) is 23.3 Å². The molecule has 0 aromatic heterocycles. The Kier molecular flexibility index (Phi) is 2.16. The number of hydrogen-bond acceptors (Lipinski definition) is 2. The second-order valence-corrected chi connectivity index (χ2v) is 5.18. The van der Waals surface area contributed by atoms with Crippen LogP contribution in [0.1, 0.15) is 26.2 Å². The van der Waals surface area contributed by atoms with Crippen molar-refractivity contribution in [2.45, 2.75) is 26.2 Å². The molecule has 2 amide bonds. The Morgan fingerprint density at radius 3 is 2.25 bits per heavy atom. The molecule has 1 saturated heterocycles. The minimum atomic E-state index is -0.0145. The topological polar surface area (TPSA) is 37.4 Å². The first-order chi connectivity index (χ1) is 7.74. The van der Waals surface area contributed by atoms with Crippen LogP contribution in [0.3, 0.4) is 0 Å². The normalized spacial score (nSPS) is 39.9. The number of fused-ring (bicyclic) bond motifs is 5. The molecule has 1 saturated carbocycles. The van der Waals surface area contributed by atoms with Gasteiger partial charge in [0.2, 0.25) is 11.8 Å². The zero-order valence-corrected chi connectivity index (χ0v) is 9.56. The fourth-order valence-electron chi connectivity index (χ4n) is 3.50. The lowest BCUT2D eigenvalue weighted by Gasteiger charge is -2.16. The van der Waals surface area contributed by atoms with Crippen LogP contribution in [0.2, 0.25) is 0 Å². The summed E-state index contributed by atoms with van der Waals surface area (Å²) in [6.07, 6.45) is 7.26. The van der Waals surface area contributed by atoms with Gasteiger partial charge < -0.3 is 0 Å². The molecule has 1 heterocycles. The fourth-order valence-corrected chi connectivity index (χ4v) is 3.50. The molecule has 3 nitrogen and oxygen atoms in total. The number of rotatable bonds is 3. The van der Waals surface area contributed by atoms with Gasteiger partial charge in [-0.3, -0.25) is 14.5 Å². The number of unbranched alkanes of at least 4 members (excludes halogenated alkanes) is 1. The van der Waals surface area contributed by atoms with Crippen LogP contribution in [0, 0.1) is 23.7 Å². The van der Waals surface area contributed by atoms with Crippen molar-refractivity contribution in [1.82, 2.24) is 4.90 Å². The number of imide groups is 1. The van der Waals surface area contributed by atoms with E-state index in [0.29, 0.717) is 18.4 Å². The Morgan fingerprint density at radius 1 is 1.19 bits per heavy atom. The van der Waals surface area contributed by atoms with Gasteiger partial charge in [0.25, 0.3) is 0 Å². The standard InChI is InChI=1S/C13H17NO2/c1-2-3-6-14-12(15)10-8-4-5-9(7-8)11(10)13(14)16/h4-5,8-11H,2-3,6-7H2,1H3/t8-,9+,10+,11-. The van der Waals surface area contributed by atoms with Crippen molar-refractivity contribution >= 4 is 11.8 Å². The van der Waals surface area contributed by atoms with Crippen LogP contribution >= 0.6 is 0 Å². The minimum absolute atomic E-state index is 0.0145. The summed E-state index contributed by atoms with van der Waals surface area (Å²) in [6, 6.07) is 0. The van der Waals surface area contributed by atoms with E-state index in [0.717, 1.165) is 19.3 Å². The van der Waals surface area contributed by atoms with Crippen LogP contribution in [-0.2, 0) is 9.59 Å². The van der Waals surface area contributed by atoms with Crippen molar-refractivity contribution in [2.24, 2.45) is 23.7 Å². The molecule has 0 aromatic rings. The summed E-state index contributed by atoms with van der Waals surface area (Å²) in [7, 11) is 0. The zero-order chi connectivity index (χ0) is 11.3. The largest absolute Gasteiger partial charge is 0.282 e. The molecule has 2 bridgehead atoms. The molecular weight excluding hydrogens is 202 g/mol. The predicted molar refractivity (Wildman–Crippen MR) is 59.3 cm³/mol. The number of carbonyl (C=O) groups excluding carboxylic acids is 2. The number of amides is 2. The first-order valence-electron chi connectivity index (χ1n) is 6.27. The Hall–Kier alpha value is -1.12. The molecule has 3 rings (SSSR count). The van der Waals surface area contributed by atoms with E-state index in [1.807, 2.05) is 0 Å². The summed E-state index contributed by atoms with van der Waals surface area (Å²) >= 11 is 0. The lowest BCUT2D eigenvalue weighted by Crippen LogP contribution is -2.33. The summed E-state index contributed by atoms with van der Waals surface area (Å²) in [5.74, 6) is 0.857. The maximum absolute atomic E-state index is 12.2. The van der Waals surface area contributed by atoms with Crippen molar-refractivity contribution in [1.29, 1.82) is 0 Å². The van der Waals surface area contributed by atoms with Crippen LogP contribution in [0.15, 0.2) is 12.2 Å². The van der Waals surface area contributed by atoms with E-state index >= 15 is 0 Å². The first-order valence-corrected chi connectivity index (χ1v) is 6.27. The maximum Gasteiger partial charge on any atom is 0.233 e. The predicted octanol–water partition coefficient (Wildman–Crippen LogP) is 1.59. The summed E-state index contributed by atoms with van der Waals surface area (Å²) < 4.78 is 0. The van der Waals surface area contributed by atoms with E-state index in [1.54, 1.807) is 0 Å². The Balaban J connectivity index is 1.83. The lowest BCUT2D eigenvalue weighted by molar-refractivity contribution is -0.140. The van der Waals surface area contributed by atoms with Gasteiger partial charge >= 0.3 is 0 Å². The molecule has 2 aliphatic carbocycles. The number of allylic oxidation sites excluding steroid dienone is 2. The molecule has 0 unspecified atom stereocenters. The highest BCUT2D eigenvalue weighted by molar-refractivity contribution is 6.06. The molecular formula is C13H17NO2. The highest BCUT2D eigenvalue weighted by Gasteiger charge is 2.58. The maximum atomic E-state index is 12.2. The summed E-state index contributed by atoms with van der Waals surface area (Å²) in [4.78, 5) is 25.8. The number of carbonyl (C=O) groups is 2. The van der Waals surface area contributed by atoms with Crippen molar-refractivity contribution in [3.05, 3.63) is 12.2 Å². The van der Waals surface area contributed by atoms with Crippen LogP contribution in [0.4, 0.5) is 0 Å². The van der Waals surface area contributed by atoms with Crippen molar-refractivity contribution in [2.75, 3.05) is 6.54 Å². The van der Waals surface area contributed by atoms with E-state index in [-0.39, 0.29) is 23.7 Å². The van der Waals surface area contributed by atoms with Crippen LogP contribution in [0.5, 0.6) is 0 Å². The molecule has 4 atom stereocenters. The van der Waals surface area contributed by atoms with Crippen molar-refractivity contribution < 1.29 is 9.59 Å². The van der Waals surface area contributed by atoms with E-state index in [1.165, 1.54) is 4.90 Å². The Morgan fingerprint density at radius 2 is 1.75 bits per heavy atom. The Labute approximate surface area is 95.5 Å². The van der Waals surface area contributed by atoms with E-state index in [4.69, 9.17) is 0 Å². The first kappa shape index (κ1) is 10.1. The molecule has 0 N–H and O–H groups in total. The quantitative estimate of drug-likeness (QED) is 0.534. The average Bonchev–Trinajstić information content (AvgIpc) is 2.92. The van der Waals surface area contributed by atoms with E-state index in [9.17, 15) is 9.59 Å². The molecule has 3 heteroatoms. The van der Waals surface area contributed by atoms with Crippen molar-refractivity contribution in [3.8, 4) is 0 Å².